The number of sulfone groups is 1. The number of thioether (sulfide) groups is 1. The van der Waals surface area contributed by atoms with Crippen LogP contribution in [0.3, 0.4) is 0 Å². The smallest absolute Gasteiger partial charge is 0.219 e. The van der Waals surface area contributed by atoms with Crippen LogP contribution in [0, 0.1) is 31.0 Å². The van der Waals surface area contributed by atoms with E-state index in [9.17, 15) is 18.1 Å². The summed E-state index contributed by atoms with van der Waals surface area (Å²) in [5, 5.41) is 13.2. The lowest BCUT2D eigenvalue weighted by Crippen LogP contribution is -2.10. The van der Waals surface area contributed by atoms with Crippen LogP contribution in [0.2, 0.25) is 5.02 Å². The Morgan fingerprint density at radius 1 is 1.06 bits per heavy atom. The van der Waals surface area contributed by atoms with E-state index in [0.29, 0.717) is 5.69 Å². The van der Waals surface area contributed by atoms with Crippen LogP contribution in [0.5, 0.6) is 0 Å². The number of hydrogen-bond donors (Lipinski definition) is 1. The summed E-state index contributed by atoms with van der Waals surface area (Å²) in [4.78, 5) is -0.443. The van der Waals surface area contributed by atoms with Gasteiger partial charge in [0, 0.05) is 22.0 Å². The number of aryl methyl sites for hydroxylation is 2. The van der Waals surface area contributed by atoms with Crippen LogP contribution in [0.1, 0.15) is 16.7 Å². The number of nitrogens with zero attached hydrogens (tertiary/aromatic N) is 1. The number of allylic oxidation sites excluding steroid dienone is 1. The van der Waals surface area contributed by atoms with E-state index in [1.165, 1.54) is 24.3 Å². The molecule has 0 bridgehead atoms. The molecule has 0 spiro atoms. The molecule has 0 radical (unpaired) electrons. The largest absolute Gasteiger partial charge is 0.349 e. The minimum atomic E-state index is -4.11. The van der Waals surface area contributed by atoms with E-state index in [1.807, 2.05) is 38.1 Å². The van der Waals surface area contributed by atoms with Crippen LogP contribution >= 0.6 is 23.4 Å². The SMILES string of the molecule is Cc1cc(C)cc(NC(SCc2c(F)cccc2Cl)=C(C#N)S(=O)(=O)c2ccccc2)c1. The summed E-state index contributed by atoms with van der Waals surface area (Å²) in [6, 6.07) is 19.6. The van der Waals surface area contributed by atoms with Gasteiger partial charge in [-0.25, -0.2) is 12.8 Å². The molecular weight excluding hydrogens is 467 g/mol. The second kappa shape index (κ2) is 10.2. The molecule has 1 N–H and O–H groups in total. The molecule has 8 heteroatoms. The summed E-state index contributed by atoms with van der Waals surface area (Å²) in [6.07, 6.45) is 0. The maximum absolute atomic E-state index is 14.3. The Hall–Kier alpha value is -2.79. The van der Waals surface area contributed by atoms with Crippen molar-refractivity contribution in [3.8, 4) is 6.07 Å². The lowest BCUT2D eigenvalue weighted by molar-refractivity contribution is 0.603. The van der Waals surface area contributed by atoms with Gasteiger partial charge in [0.25, 0.3) is 0 Å². The number of halogens is 2. The van der Waals surface area contributed by atoms with Gasteiger partial charge in [-0.1, -0.05) is 41.9 Å². The van der Waals surface area contributed by atoms with Crippen LogP contribution in [0.4, 0.5) is 10.1 Å². The maximum Gasteiger partial charge on any atom is 0.219 e. The van der Waals surface area contributed by atoms with Gasteiger partial charge < -0.3 is 5.32 Å². The average Bonchev–Trinajstić information content (AvgIpc) is 2.73. The molecule has 0 saturated carbocycles. The third kappa shape index (κ3) is 5.52. The molecule has 0 aliphatic heterocycles. The molecule has 4 nitrogen and oxygen atoms in total. The van der Waals surface area contributed by atoms with Crippen LogP contribution < -0.4 is 5.32 Å². The fourth-order valence-electron chi connectivity index (χ4n) is 3.10. The molecule has 0 heterocycles. The molecule has 0 aliphatic rings. The lowest BCUT2D eigenvalue weighted by atomic mass is 10.1. The maximum atomic E-state index is 14.3. The highest BCUT2D eigenvalue weighted by Gasteiger charge is 2.26. The average molecular weight is 487 g/mol. The molecule has 3 aromatic carbocycles. The monoisotopic (exact) mass is 486 g/mol. The van der Waals surface area contributed by atoms with Crippen LogP contribution in [0.15, 0.2) is 81.6 Å². The van der Waals surface area contributed by atoms with E-state index < -0.39 is 20.6 Å². The summed E-state index contributed by atoms with van der Waals surface area (Å²) >= 11 is 7.15. The van der Waals surface area contributed by atoms with Crippen molar-refractivity contribution >= 4 is 38.9 Å². The first kappa shape index (κ1) is 23.9. The van der Waals surface area contributed by atoms with Crippen molar-refractivity contribution in [3.05, 3.63) is 104 Å². The Morgan fingerprint density at radius 2 is 1.72 bits per heavy atom. The highest BCUT2D eigenvalue weighted by Crippen LogP contribution is 2.34. The molecule has 3 rings (SSSR count). The predicted octanol–water partition coefficient (Wildman–Crippen LogP) is 6.61. The summed E-state index contributed by atoms with van der Waals surface area (Å²) in [7, 11) is -4.11. The highest BCUT2D eigenvalue weighted by molar-refractivity contribution is 8.04. The normalized spacial score (nSPS) is 12.1. The molecule has 0 aromatic heterocycles. The van der Waals surface area contributed by atoms with Gasteiger partial charge >= 0.3 is 0 Å². The van der Waals surface area contributed by atoms with E-state index in [2.05, 4.69) is 5.32 Å². The minimum absolute atomic E-state index is 0.000738. The molecule has 0 unspecified atom stereocenters. The number of hydrogen-bond acceptors (Lipinski definition) is 5. The molecule has 0 saturated heterocycles. The van der Waals surface area contributed by atoms with Crippen molar-refractivity contribution in [1.82, 2.24) is 0 Å². The highest BCUT2D eigenvalue weighted by atomic mass is 35.5. The second-order valence-corrected chi connectivity index (χ2v) is 10.4. The Labute approximate surface area is 196 Å². The van der Waals surface area contributed by atoms with Crippen LogP contribution in [0.25, 0.3) is 0 Å². The molecule has 32 heavy (non-hydrogen) atoms. The zero-order chi connectivity index (χ0) is 23.3. The lowest BCUT2D eigenvalue weighted by Gasteiger charge is -2.15. The van der Waals surface area contributed by atoms with Gasteiger partial charge in [-0.2, -0.15) is 5.26 Å². The van der Waals surface area contributed by atoms with Gasteiger partial charge in [-0.05, 0) is 61.4 Å². The fraction of sp³-hybridized carbons (Fsp3) is 0.125. The van der Waals surface area contributed by atoms with Crippen LogP contribution in [-0.4, -0.2) is 8.42 Å². The molecular formula is C24H20ClFN2O2S2. The standard InChI is InChI=1S/C24H20ClFN2O2S2/c1-16-11-17(2)13-18(12-16)28-24(31-15-20-21(25)9-6-10-22(20)26)23(14-27)32(29,30)19-7-4-3-5-8-19/h3-13,28H,15H2,1-2H3. The van der Waals surface area contributed by atoms with E-state index in [0.717, 1.165) is 22.9 Å². The second-order valence-electron chi connectivity index (χ2n) is 7.08. The number of nitrogens with one attached hydrogen (secondary N) is 1. The van der Waals surface area contributed by atoms with Gasteiger partial charge in [-0.3, -0.25) is 0 Å². The van der Waals surface area contributed by atoms with E-state index in [4.69, 9.17) is 11.6 Å². The van der Waals surface area contributed by atoms with Crippen molar-refractivity contribution in [1.29, 1.82) is 5.26 Å². The molecule has 0 aliphatic carbocycles. The molecule has 3 aromatic rings. The molecule has 0 fully saturated rings. The van der Waals surface area contributed by atoms with Crippen LogP contribution in [-0.2, 0) is 15.6 Å². The van der Waals surface area contributed by atoms with E-state index in [-0.39, 0.29) is 26.3 Å². The van der Waals surface area contributed by atoms with Crippen molar-refractivity contribution < 1.29 is 12.8 Å². The predicted molar refractivity (Wildman–Crippen MR) is 129 cm³/mol. The molecule has 164 valence electrons. The number of benzene rings is 3. The summed E-state index contributed by atoms with van der Waals surface area (Å²) in [5.74, 6) is -0.464. The first-order chi connectivity index (χ1) is 15.2. The molecule has 0 atom stereocenters. The third-order valence-corrected chi connectivity index (χ3v) is 7.77. The van der Waals surface area contributed by atoms with Crippen molar-refractivity contribution in [2.75, 3.05) is 5.32 Å². The fourth-order valence-corrected chi connectivity index (χ4v) is 6.03. The summed E-state index contributed by atoms with van der Waals surface area (Å²) < 4.78 is 40.8. The Balaban J connectivity index is 2.10. The Bertz CT molecular complexity index is 1280. The number of nitriles is 1. The first-order valence-electron chi connectivity index (χ1n) is 9.58. The summed E-state index contributed by atoms with van der Waals surface area (Å²) in [6.45, 7) is 3.83. The Kier molecular flexibility index (Phi) is 7.62. The van der Waals surface area contributed by atoms with Gasteiger partial charge in [-0.15, -0.1) is 11.8 Å². The van der Waals surface area contributed by atoms with Crippen molar-refractivity contribution in [2.45, 2.75) is 24.5 Å². The first-order valence-corrected chi connectivity index (χ1v) is 12.4. The van der Waals surface area contributed by atoms with Gasteiger partial charge in [0.2, 0.25) is 9.84 Å². The number of anilines is 1. The summed E-state index contributed by atoms with van der Waals surface area (Å²) in [5.41, 5.74) is 2.80. The van der Waals surface area contributed by atoms with Gasteiger partial charge in [0.05, 0.1) is 4.90 Å². The minimum Gasteiger partial charge on any atom is -0.349 e. The third-order valence-electron chi connectivity index (χ3n) is 4.53. The zero-order valence-corrected chi connectivity index (χ0v) is 19.8. The number of rotatable bonds is 7. The quantitative estimate of drug-likeness (QED) is 0.380. The molecule has 0 amide bonds. The zero-order valence-electron chi connectivity index (χ0n) is 17.4. The van der Waals surface area contributed by atoms with Crippen molar-refractivity contribution in [2.24, 2.45) is 0 Å². The Morgan fingerprint density at radius 3 is 2.31 bits per heavy atom. The van der Waals surface area contributed by atoms with Crippen molar-refractivity contribution in [3.63, 3.8) is 0 Å². The van der Waals surface area contributed by atoms with E-state index >= 15 is 0 Å². The van der Waals surface area contributed by atoms with Gasteiger partial charge in [0.1, 0.15) is 16.9 Å². The topological polar surface area (TPSA) is 70.0 Å². The van der Waals surface area contributed by atoms with E-state index in [1.54, 1.807) is 24.3 Å². The van der Waals surface area contributed by atoms with Gasteiger partial charge in [0.15, 0.2) is 4.91 Å².